The second-order valence-corrected chi connectivity index (χ2v) is 6.03. The summed E-state index contributed by atoms with van der Waals surface area (Å²) < 4.78 is 23.6. The first kappa shape index (κ1) is 15.4. The highest BCUT2D eigenvalue weighted by atomic mass is 31.2. The minimum atomic E-state index is -3.24. The van der Waals surface area contributed by atoms with Crippen molar-refractivity contribution in [3.63, 3.8) is 0 Å². The Morgan fingerprint density at radius 3 is 2.17 bits per heavy atom. The van der Waals surface area contributed by atoms with Gasteiger partial charge in [0.15, 0.2) is 5.44 Å². The molecule has 0 aliphatic rings. The molecule has 5 heteroatoms. The highest BCUT2D eigenvalue weighted by Crippen LogP contribution is 2.46. The quantitative estimate of drug-likeness (QED) is 0.509. The van der Waals surface area contributed by atoms with Crippen LogP contribution >= 0.6 is 7.60 Å². The fourth-order valence-corrected chi connectivity index (χ4v) is 2.90. The molecule has 0 N–H and O–H groups in total. The van der Waals surface area contributed by atoms with Crippen LogP contribution in [0.4, 0.5) is 0 Å². The topological polar surface area (TPSA) is 48.4 Å². The maximum absolute atomic E-state index is 12.7. The smallest absolute Gasteiger partial charge is 0.304 e. The number of hydrogen-bond acceptors (Lipinski definition) is 4. The van der Waals surface area contributed by atoms with E-state index in [1.54, 1.807) is 24.4 Å². The lowest BCUT2D eigenvalue weighted by atomic mass is 10.4. The van der Waals surface area contributed by atoms with Crippen molar-refractivity contribution >= 4 is 13.0 Å². The minimum Gasteiger partial charge on any atom is -0.304 e. The molecule has 1 rings (SSSR count). The molecule has 0 aromatic carbocycles. The summed E-state index contributed by atoms with van der Waals surface area (Å²) >= 11 is 0. The summed E-state index contributed by atoms with van der Waals surface area (Å²) in [4.78, 5) is 4.10. The molecule has 0 aliphatic heterocycles. The lowest BCUT2D eigenvalue weighted by Gasteiger charge is -2.17. The molecule has 0 bridgehead atoms. The summed E-state index contributed by atoms with van der Waals surface area (Å²) in [5.41, 5.74) is 0.400. The van der Waals surface area contributed by atoms with Gasteiger partial charge in [-0.1, -0.05) is 32.8 Å². The van der Waals surface area contributed by atoms with Gasteiger partial charge in [-0.25, -0.2) is 4.98 Å². The second-order valence-electron chi connectivity index (χ2n) is 4.06. The molecule has 1 aromatic rings. The molecule has 0 atom stereocenters. The van der Waals surface area contributed by atoms with Crippen LogP contribution in [-0.4, -0.2) is 18.2 Å². The van der Waals surface area contributed by atoms with Gasteiger partial charge in [-0.05, 0) is 25.0 Å². The average molecular weight is 271 g/mol. The van der Waals surface area contributed by atoms with Crippen LogP contribution in [0.15, 0.2) is 24.4 Å². The second kappa shape index (κ2) is 8.41. The van der Waals surface area contributed by atoms with E-state index in [1.807, 2.05) is 0 Å². The summed E-state index contributed by atoms with van der Waals surface area (Å²) in [5, 5.41) is 0. The molecule has 102 valence electrons. The van der Waals surface area contributed by atoms with Crippen LogP contribution in [-0.2, 0) is 13.6 Å². The average Bonchev–Trinajstić information content (AvgIpc) is 2.40. The molecular formula is C13H22NO3P. The first-order valence-electron chi connectivity index (χ1n) is 6.53. The predicted octanol–water partition coefficient (Wildman–Crippen LogP) is 3.53. The molecule has 0 amide bonds. The third-order valence-electron chi connectivity index (χ3n) is 2.45. The molecule has 1 heterocycles. The van der Waals surface area contributed by atoms with Crippen molar-refractivity contribution in [2.45, 2.75) is 39.5 Å². The Hall–Kier alpha value is -0.700. The number of aromatic nitrogens is 1. The van der Waals surface area contributed by atoms with Crippen LogP contribution in [0.1, 0.15) is 39.5 Å². The van der Waals surface area contributed by atoms with Gasteiger partial charge in [-0.15, -0.1) is 0 Å². The summed E-state index contributed by atoms with van der Waals surface area (Å²) in [6.45, 7) is 5.01. The Morgan fingerprint density at radius 2 is 1.72 bits per heavy atom. The molecule has 0 radical (unpaired) electrons. The number of unbranched alkanes of at least 4 members (excludes halogenated alkanes) is 2. The first-order chi connectivity index (χ1) is 8.73. The molecule has 4 nitrogen and oxygen atoms in total. The largest absolute Gasteiger partial charge is 0.379 e. The van der Waals surface area contributed by atoms with Crippen molar-refractivity contribution in [3.8, 4) is 0 Å². The first-order valence-corrected chi connectivity index (χ1v) is 8.08. The van der Waals surface area contributed by atoms with Crippen LogP contribution < -0.4 is 5.44 Å². The Bertz CT molecular complexity index is 356. The van der Waals surface area contributed by atoms with Gasteiger partial charge in [0, 0.05) is 6.20 Å². The van der Waals surface area contributed by atoms with E-state index in [9.17, 15) is 4.57 Å². The van der Waals surface area contributed by atoms with E-state index >= 15 is 0 Å². The highest BCUT2D eigenvalue weighted by Gasteiger charge is 2.28. The summed E-state index contributed by atoms with van der Waals surface area (Å²) in [6, 6.07) is 5.27. The van der Waals surface area contributed by atoms with E-state index in [0.29, 0.717) is 18.6 Å². The zero-order chi connectivity index (χ0) is 13.3. The van der Waals surface area contributed by atoms with E-state index in [-0.39, 0.29) is 0 Å². The third kappa shape index (κ3) is 4.89. The van der Waals surface area contributed by atoms with Crippen molar-refractivity contribution in [3.05, 3.63) is 24.4 Å². The van der Waals surface area contributed by atoms with E-state index in [0.717, 1.165) is 25.7 Å². The Labute approximate surface area is 109 Å². The van der Waals surface area contributed by atoms with Gasteiger partial charge >= 0.3 is 7.60 Å². The van der Waals surface area contributed by atoms with Crippen LogP contribution in [0.25, 0.3) is 0 Å². The Morgan fingerprint density at radius 1 is 1.11 bits per heavy atom. The van der Waals surface area contributed by atoms with Gasteiger partial charge in [0.05, 0.1) is 13.2 Å². The van der Waals surface area contributed by atoms with Gasteiger partial charge in [0.1, 0.15) is 0 Å². The van der Waals surface area contributed by atoms with Gasteiger partial charge in [-0.3, -0.25) is 4.57 Å². The van der Waals surface area contributed by atoms with E-state index in [4.69, 9.17) is 9.05 Å². The Balaban J connectivity index is 2.70. The Kier molecular flexibility index (Phi) is 7.18. The molecule has 0 spiro atoms. The summed E-state index contributed by atoms with van der Waals surface area (Å²) in [5.74, 6) is 0. The van der Waals surface area contributed by atoms with Crippen LogP contribution in [0.2, 0.25) is 0 Å². The molecule has 0 saturated heterocycles. The zero-order valence-corrected chi connectivity index (χ0v) is 12.1. The van der Waals surface area contributed by atoms with Gasteiger partial charge in [-0.2, -0.15) is 0 Å². The van der Waals surface area contributed by atoms with E-state index in [1.165, 1.54) is 0 Å². The third-order valence-corrected chi connectivity index (χ3v) is 4.32. The maximum atomic E-state index is 12.7. The fourth-order valence-electron chi connectivity index (χ4n) is 1.34. The van der Waals surface area contributed by atoms with Gasteiger partial charge < -0.3 is 9.05 Å². The molecule has 0 fully saturated rings. The van der Waals surface area contributed by atoms with Crippen molar-refractivity contribution in [1.82, 2.24) is 4.98 Å². The van der Waals surface area contributed by atoms with Crippen molar-refractivity contribution in [1.29, 1.82) is 0 Å². The molecule has 0 saturated carbocycles. The predicted molar refractivity (Wildman–Crippen MR) is 73.2 cm³/mol. The number of rotatable bonds is 9. The van der Waals surface area contributed by atoms with Crippen molar-refractivity contribution in [2.75, 3.05) is 13.2 Å². The van der Waals surface area contributed by atoms with Crippen molar-refractivity contribution < 1.29 is 13.6 Å². The van der Waals surface area contributed by atoms with E-state index < -0.39 is 7.60 Å². The maximum Gasteiger partial charge on any atom is 0.379 e. The number of hydrogen-bond donors (Lipinski definition) is 0. The highest BCUT2D eigenvalue weighted by molar-refractivity contribution is 7.61. The SMILES string of the molecule is CCCCOP(=O)(OCCCC)c1ccccn1. The summed E-state index contributed by atoms with van der Waals surface area (Å²) in [7, 11) is -3.24. The monoisotopic (exact) mass is 271 g/mol. The standard InChI is InChI=1S/C13H22NO3P/c1-3-5-11-16-18(15,17-12-6-4-2)13-9-7-8-10-14-13/h7-10H,3-6,11-12H2,1-2H3. The van der Waals surface area contributed by atoms with Gasteiger partial charge in [0.25, 0.3) is 0 Å². The van der Waals surface area contributed by atoms with Gasteiger partial charge in [0.2, 0.25) is 0 Å². The normalized spacial score (nSPS) is 11.7. The molecule has 0 unspecified atom stereocenters. The van der Waals surface area contributed by atoms with E-state index in [2.05, 4.69) is 18.8 Å². The van der Waals surface area contributed by atoms with Crippen LogP contribution in [0.5, 0.6) is 0 Å². The number of pyridine rings is 1. The van der Waals surface area contributed by atoms with Crippen LogP contribution in [0.3, 0.4) is 0 Å². The minimum absolute atomic E-state index is 0.400. The zero-order valence-electron chi connectivity index (χ0n) is 11.2. The van der Waals surface area contributed by atoms with Crippen LogP contribution in [0, 0.1) is 0 Å². The fraction of sp³-hybridized carbons (Fsp3) is 0.615. The van der Waals surface area contributed by atoms with Crippen molar-refractivity contribution in [2.24, 2.45) is 0 Å². The molecule has 18 heavy (non-hydrogen) atoms. The lowest BCUT2D eigenvalue weighted by molar-refractivity contribution is 0.208. The molecule has 0 aliphatic carbocycles. The lowest BCUT2D eigenvalue weighted by Crippen LogP contribution is -2.14. The number of nitrogens with zero attached hydrogens (tertiary/aromatic N) is 1. The summed E-state index contributed by atoms with van der Waals surface area (Å²) in [6.07, 6.45) is 5.34. The molecule has 1 aromatic heterocycles. The molecular weight excluding hydrogens is 249 g/mol.